The van der Waals surface area contributed by atoms with Gasteiger partial charge in [0.25, 0.3) is 0 Å². The Bertz CT molecular complexity index is 485. The highest BCUT2D eigenvalue weighted by atomic mass is 16.5. The summed E-state index contributed by atoms with van der Waals surface area (Å²) < 4.78 is 5.56. The number of carbonyl (C=O) groups excluding carboxylic acids is 1. The summed E-state index contributed by atoms with van der Waals surface area (Å²) in [6.45, 7) is 9.16. The molecule has 2 N–H and O–H groups in total. The Morgan fingerprint density at radius 1 is 1.18 bits per heavy atom. The second-order valence-electron chi connectivity index (χ2n) is 8.09. The maximum atomic E-state index is 11.9. The van der Waals surface area contributed by atoms with Crippen molar-refractivity contribution in [2.24, 2.45) is 22.7 Å². The van der Waals surface area contributed by atoms with E-state index in [1.807, 2.05) is 6.92 Å². The molecule has 2 aliphatic carbocycles. The first-order valence-electron chi connectivity index (χ1n) is 8.10. The molecule has 2 saturated carbocycles. The van der Waals surface area contributed by atoms with Crippen molar-refractivity contribution in [3.8, 4) is 0 Å². The molecule has 5 heteroatoms. The van der Waals surface area contributed by atoms with Crippen LogP contribution in [-0.2, 0) is 14.3 Å². The first-order valence-corrected chi connectivity index (χ1v) is 8.10. The molecule has 0 amide bonds. The second-order valence-corrected chi connectivity index (χ2v) is 8.09. The van der Waals surface area contributed by atoms with Gasteiger partial charge in [-0.1, -0.05) is 34.1 Å². The van der Waals surface area contributed by atoms with Crippen molar-refractivity contribution in [3.63, 3.8) is 0 Å². The summed E-state index contributed by atoms with van der Waals surface area (Å²) in [6.07, 6.45) is 2.48. The topological polar surface area (TPSA) is 83.8 Å². The molecule has 0 unspecified atom stereocenters. The first-order chi connectivity index (χ1) is 9.96. The Labute approximate surface area is 132 Å². The van der Waals surface area contributed by atoms with E-state index in [-0.39, 0.29) is 23.4 Å². The fourth-order valence-electron chi connectivity index (χ4n) is 5.43. The van der Waals surface area contributed by atoms with Gasteiger partial charge in [0, 0.05) is 18.3 Å². The molecular weight excluding hydrogens is 284 g/mol. The van der Waals surface area contributed by atoms with Crippen LogP contribution in [0.1, 0.15) is 60.3 Å². The van der Waals surface area contributed by atoms with E-state index in [1.54, 1.807) is 6.92 Å². The Morgan fingerprint density at radius 3 is 2.27 bits per heavy atom. The molecule has 5 atom stereocenters. The van der Waals surface area contributed by atoms with Gasteiger partial charge in [-0.2, -0.15) is 0 Å². The monoisotopic (exact) mass is 312 g/mol. The summed E-state index contributed by atoms with van der Waals surface area (Å²) in [5.41, 5.74) is -2.78. The molecular formula is C17H28O5. The number of carboxylic acids is 1. The Hall–Kier alpha value is -1.10. The van der Waals surface area contributed by atoms with Crippen LogP contribution in [0.4, 0.5) is 0 Å². The lowest BCUT2D eigenvalue weighted by Gasteiger charge is -2.62. The number of hydrogen-bond acceptors (Lipinski definition) is 4. The van der Waals surface area contributed by atoms with Gasteiger partial charge < -0.3 is 14.9 Å². The molecule has 0 aromatic carbocycles. The van der Waals surface area contributed by atoms with Crippen LogP contribution in [0, 0.1) is 22.7 Å². The molecule has 0 aliphatic heterocycles. The molecule has 0 heterocycles. The molecule has 126 valence electrons. The van der Waals surface area contributed by atoms with E-state index in [9.17, 15) is 19.8 Å². The second kappa shape index (κ2) is 5.22. The lowest BCUT2D eigenvalue weighted by Crippen LogP contribution is -2.69. The van der Waals surface area contributed by atoms with Gasteiger partial charge >= 0.3 is 11.9 Å². The SMILES string of the molecule is CC(=O)O[C@H]1C[C@@H](C)[C@@](O)(C(=O)O)[C@@]2(C)CCCC(C)(C)[C@@H]12. The maximum Gasteiger partial charge on any atom is 0.336 e. The minimum Gasteiger partial charge on any atom is -0.479 e. The zero-order valence-electron chi connectivity index (χ0n) is 14.2. The minimum absolute atomic E-state index is 0.171. The summed E-state index contributed by atoms with van der Waals surface area (Å²) in [6, 6.07) is 0. The number of aliphatic carboxylic acids is 1. The number of hydrogen-bond donors (Lipinski definition) is 2. The van der Waals surface area contributed by atoms with E-state index in [2.05, 4.69) is 13.8 Å². The predicted octanol–water partition coefficient (Wildman–Crippen LogP) is 2.61. The Morgan fingerprint density at radius 2 is 1.77 bits per heavy atom. The van der Waals surface area contributed by atoms with E-state index in [1.165, 1.54) is 6.92 Å². The van der Waals surface area contributed by atoms with Crippen molar-refractivity contribution in [2.75, 3.05) is 0 Å². The van der Waals surface area contributed by atoms with E-state index in [0.29, 0.717) is 12.8 Å². The molecule has 0 radical (unpaired) electrons. The van der Waals surface area contributed by atoms with E-state index in [0.717, 1.165) is 12.8 Å². The summed E-state index contributed by atoms with van der Waals surface area (Å²) in [4.78, 5) is 23.4. The van der Waals surface area contributed by atoms with Crippen LogP contribution in [0.3, 0.4) is 0 Å². The van der Waals surface area contributed by atoms with Crippen LogP contribution in [0.25, 0.3) is 0 Å². The predicted molar refractivity (Wildman–Crippen MR) is 81.1 cm³/mol. The largest absolute Gasteiger partial charge is 0.479 e. The standard InChI is InChI=1S/C17H28O5/c1-10-9-12(22-11(2)18)13-15(3,4)7-6-8-16(13,5)17(10,21)14(19)20/h10,12-13,21H,6-9H2,1-5H3,(H,19,20)/t10-,12+,13-,16+,17-/m1/s1. The van der Waals surface area contributed by atoms with Crippen molar-refractivity contribution in [3.05, 3.63) is 0 Å². The van der Waals surface area contributed by atoms with Crippen molar-refractivity contribution in [2.45, 2.75) is 72.0 Å². The van der Waals surface area contributed by atoms with Crippen molar-refractivity contribution < 1.29 is 24.5 Å². The lowest BCUT2D eigenvalue weighted by atomic mass is 9.44. The summed E-state index contributed by atoms with van der Waals surface area (Å²) in [5, 5.41) is 20.9. The maximum absolute atomic E-state index is 11.9. The number of rotatable bonds is 2. The van der Waals surface area contributed by atoms with Gasteiger partial charge in [-0.15, -0.1) is 0 Å². The van der Waals surface area contributed by atoms with Crippen molar-refractivity contribution in [1.82, 2.24) is 0 Å². The average Bonchev–Trinajstić information content (AvgIpc) is 2.33. The molecule has 0 aromatic rings. The summed E-state index contributed by atoms with van der Waals surface area (Å²) in [7, 11) is 0. The van der Waals surface area contributed by atoms with Crippen molar-refractivity contribution in [1.29, 1.82) is 0 Å². The number of ether oxygens (including phenoxy) is 1. The average molecular weight is 312 g/mol. The molecule has 0 aromatic heterocycles. The van der Waals surface area contributed by atoms with Gasteiger partial charge in [0.1, 0.15) is 6.10 Å². The summed E-state index contributed by atoms with van der Waals surface area (Å²) in [5.74, 6) is -2.15. The highest BCUT2D eigenvalue weighted by Gasteiger charge is 2.68. The first kappa shape index (κ1) is 17.3. The highest BCUT2D eigenvalue weighted by Crippen LogP contribution is 2.63. The molecule has 5 nitrogen and oxygen atoms in total. The van der Waals surface area contributed by atoms with Gasteiger partial charge in [0.05, 0.1) is 0 Å². The minimum atomic E-state index is -1.79. The quantitative estimate of drug-likeness (QED) is 0.766. The molecule has 0 spiro atoms. The highest BCUT2D eigenvalue weighted by molar-refractivity contribution is 5.79. The number of carboxylic acid groups (broad SMARTS) is 1. The number of aliphatic hydroxyl groups is 1. The van der Waals surface area contributed by atoms with Crippen LogP contribution in [0.5, 0.6) is 0 Å². The van der Waals surface area contributed by atoms with Gasteiger partial charge in [-0.25, -0.2) is 4.79 Å². The van der Waals surface area contributed by atoms with Gasteiger partial charge in [0.2, 0.25) is 0 Å². The van der Waals surface area contributed by atoms with Gasteiger partial charge in [0.15, 0.2) is 5.60 Å². The van der Waals surface area contributed by atoms with E-state index >= 15 is 0 Å². The van der Waals surface area contributed by atoms with Crippen LogP contribution >= 0.6 is 0 Å². The van der Waals surface area contributed by atoms with Crippen LogP contribution in [-0.4, -0.2) is 33.9 Å². The van der Waals surface area contributed by atoms with E-state index < -0.39 is 22.9 Å². The molecule has 2 rings (SSSR count). The van der Waals surface area contributed by atoms with Crippen LogP contribution < -0.4 is 0 Å². The van der Waals surface area contributed by atoms with E-state index in [4.69, 9.17) is 4.74 Å². The van der Waals surface area contributed by atoms with Crippen molar-refractivity contribution >= 4 is 11.9 Å². The third-order valence-electron chi connectivity index (χ3n) is 6.23. The fraction of sp³-hybridized carbons (Fsp3) is 0.882. The summed E-state index contributed by atoms with van der Waals surface area (Å²) >= 11 is 0. The molecule has 22 heavy (non-hydrogen) atoms. The van der Waals surface area contributed by atoms with Crippen LogP contribution in [0.2, 0.25) is 0 Å². The smallest absolute Gasteiger partial charge is 0.336 e. The fourth-order valence-corrected chi connectivity index (χ4v) is 5.43. The number of esters is 1. The normalized spacial score (nSPS) is 44.0. The molecule has 0 bridgehead atoms. The molecule has 0 saturated heterocycles. The lowest BCUT2D eigenvalue weighted by molar-refractivity contribution is -0.249. The van der Waals surface area contributed by atoms with Gasteiger partial charge in [-0.05, 0) is 30.6 Å². The zero-order chi connectivity index (χ0) is 16.9. The van der Waals surface area contributed by atoms with Gasteiger partial charge in [-0.3, -0.25) is 4.79 Å². The Kier molecular flexibility index (Phi) is 4.10. The molecule has 2 fully saturated rings. The number of fused-ring (bicyclic) bond motifs is 1. The zero-order valence-corrected chi connectivity index (χ0v) is 14.2. The molecule has 2 aliphatic rings. The third-order valence-corrected chi connectivity index (χ3v) is 6.23. The van der Waals surface area contributed by atoms with Crippen LogP contribution in [0.15, 0.2) is 0 Å². The Balaban J connectivity index is 2.56. The third kappa shape index (κ3) is 2.25. The number of carbonyl (C=O) groups is 2.